The summed E-state index contributed by atoms with van der Waals surface area (Å²) in [6.45, 7) is -3.42. The van der Waals surface area contributed by atoms with Gasteiger partial charge in [-0.25, -0.2) is 4.79 Å². The zero-order valence-corrected chi connectivity index (χ0v) is 8.92. The molecule has 0 saturated heterocycles. The molecule has 0 saturated carbocycles. The molecule has 1 rings (SSSR count). The van der Waals surface area contributed by atoms with Crippen LogP contribution in [-0.4, -0.2) is 27.7 Å². The number of aliphatic carboxylic acids is 1. The van der Waals surface area contributed by atoms with E-state index in [0.717, 1.165) is 0 Å². The predicted molar refractivity (Wildman–Crippen MR) is 52.3 cm³/mol. The molecule has 0 aliphatic heterocycles. The molecule has 19 heavy (non-hydrogen) atoms. The second-order valence-corrected chi connectivity index (χ2v) is 3.22. The number of aliphatic hydroxyl groups excluding tert-OH is 1. The third-order valence-corrected chi connectivity index (χ3v) is 2.02. The first-order valence-corrected chi connectivity index (χ1v) is 4.57. The summed E-state index contributed by atoms with van der Waals surface area (Å²) in [5, 5.41) is 28.2. The van der Waals surface area contributed by atoms with Gasteiger partial charge in [-0.15, -0.1) is 0 Å². The number of carboxylic acids is 1. The van der Waals surface area contributed by atoms with Crippen LogP contribution in [0.5, 0.6) is 5.75 Å². The maximum atomic E-state index is 13.2. The van der Waals surface area contributed by atoms with Crippen molar-refractivity contribution in [2.24, 2.45) is 0 Å². The largest absolute Gasteiger partial charge is 0.479 e. The second kappa shape index (κ2) is 5.52. The van der Waals surface area contributed by atoms with E-state index in [2.05, 4.69) is 4.74 Å². The Hall–Kier alpha value is -2.36. The van der Waals surface area contributed by atoms with Crippen molar-refractivity contribution in [2.75, 3.05) is 0 Å². The molecule has 1 atom stereocenters. The molecule has 0 aliphatic carbocycles. The average Bonchev–Trinajstić information content (AvgIpc) is 2.26. The minimum absolute atomic E-state index is 0.214. The lowest BCUT2D eigenvalue weighted by Crippen LogP contribution is -2.14. The summed E-state index contributed by atoms with van der Waals surface area (Å²) >= 11 is 0. The van der Waals surface area contributed by atoms with E-state index in [4.69, 9.17) is 5.11 Å². The highest BCUT2D eigenvalue weighted by atomic mass is 19.3. The van der Waals surface area contributed by atoms with Crippen molar-refractivity contribution in [1.82, 2.24) is 0 Å². The molecule has 1 aromatic rings. The van der Waals surface area contributed by atoms with E-state index in [-0.39, 0.29) is 6.07 Å². The molecular weight excluding hydrogens is 275 g/mol. The number of alkyl halides is 2. The fraction of sp³-hybridized carbons (Fsp3) is 0.222. The first kappa shape index (κ1) is 14.7. The first-order valence-electron chi connectivity index (χ1n) is 4.57. The lowest BCUT2D eigenvalue weighted by Gasteiger charge is -2.13. The topological polar surface area (TPSA) is 110 Å². The van der Waals surface area contributed by atoms with Crippen LogP contribution >= 0.6 is 0 Å². The van der Waals surface area contributed by atoms with Gasteiger partial charge < -0.3 is 14.9 Å². The molecule has 0 bridgehead atoms. The van der Waals surface area contributed by atoms with E-state index in [1.807, 2.05) is 0 Å². The number of nitro groups is 1. The number of halogens is 3. The Balaban J connectivity index is 3.40. The highest BCUT2D eigenvalue weighted by molar-refractivity contribution is 5.75. The number of hydrogen-bond acceptors (Lipinski definition) is 5. The Labute approximate surface area is 103 Å². The van der Waals surface area contributed by atoms with Gasteiger partial charge in [0.25, 0.3) is 0 Å². The van der Waals surface area contributed by atoms with Gasteiger partial charge in [-0.3, -0.25) is 10.1 Å². The van der Waals surface area contributed by atoms with E-state index in [1.54, 1.807) is 0 Å². The van der Waals surface area contributed by atoms with Crippen LogP contribution in [0.1, 0.15) is 11.7 Å². The number of ether oxygens (including phenoxy) is 1. The van der Waals surface area contributed by atoms with Crippen LogP contribution in [-0.2, 0) is 4.79 Å². The van der Waals surface area contributed by atoms with Crippen molar-refractivity contribution < 1.29 is 37.8 Å². The molecule has 0 radical (unpaired) electrons. The standard InChI is InChI=1S/C9H6F3NO6/c10-4-2-6(19-9(11)12)3(7(14)8(15)16)1-5(4)13(17)18/h1-2,7,9,14H,(H,15,16). The number of hydrogen-bond donors (Lipinski definition) is 2. The number of carbonyl (C=O) groups is 1. The number of nitrogens with zero attached hydrogens (tertiary/aromatic N) is 1. The van der Waals surface area contributed by atoms with Gasteiger partial charge in [-0.05, 0) is 0 Å². The van der Waals surface area contributed by atoms with Gasteiger partial charge in [-0.1, -0.05) is 0 Å². The molecule has 0 aliphatic rings. The molecular formula is C9H6F3NO6. The smallest absolute Gasteiger partial charge is 0.387 e. The Morgan fingerprint density at radius 1 is 1.42 bits per heavy atom. The zero-order valence-electron chi connectivity index (χ0n) is 8.92. The summed E-state index contributed by atoms with van der Waals surface area (Å²) < 4.78 is 41.1. The Kier molecular flexibility index (Phi) is 4.27. The Bertz CT molecular complexity index is 521. The van der Waals surface area contributed by atoms with Crippen molar-refractivity contribution in [2.45, 2.75) is 12.7 Å². The lowest BCUT2D eigenvalue weighted by molar-refractivity contribution is -0.387. The quantitative estimate of drug-likeness (QED) is 0.624. The molecule has 10 heteroatoms. The SMILES string of the molecule is O=C(O)C(O)c1cc([N+](=O)[O-])c(F)cc1OC(F)F. The average molecular weight is 281 g/mol. The Morgan fingerprint density at radius 2 is 2.00 bits per heavy atom. The fourth-order valence-corrected chi connectivity index (χ4v) is 1.24. The summed E-state index contributed by atoms with van der Waals surface area (Å²) in [6.07, 6.45) is -2.37. The van der Waals surface area contributed by atoms with E-state index < -0.39 is 46.4 Å². The highest BCUT2D eigenvalue weighted by Gasteiger charge is 2.28. The van der Waals surface area contributed by atoms with Crippen molar-refractivity contribution in [3.05, 3.63) is 33.6 Å². The van der Waals surface area contributed by atoms with Crippen LogP contribution in [0.15, 0.2) is 12.1 Å². The highest BCUT2D eigenvalue weighted by Crippen LogP contribution is 2.33. The summed E-state index contributed by atoms with van der Waals surface area (Å²) in [5.74, 6) is -4.35. The van der Waals surface area contributed by atoms with Crippen molar-refractivity contribution in [3.8, 4) is 5.75 Å². The summed E-state index contributed by atoms with van der Waals surface area (Å²) in [7, 11) is 0. The lowest BCUT2D eigenvalue weighted by atomic mass is 10.1. The molecule has 0 amide bonds. The molecule has 104 valence electrons. The molecule has 1 unspecified atom stereocenters. The van der Waals surface area contributed by atoms with Gasteiger partial charge in [0.05, 0.1) is 4.92 Å². The van der Waals surface area contributed by atoms with E-state index in [0.29, 0.717) is 6.07 Å². The van der Waals surface area contributed by atoms with Crippen LogP contribution in [0, 0.1) is 15.9 Å². The van der Waals surface area contributed by atoms with E-state index in [9.17, 15) is 33.2 Å². The van der Waals surface area contributed by atoms with Crippen molar-refractivity contribution in [3.63, 3.8) is 0 Å². The summed E-state index contributed by atoms with van der Waals surface area (Å²) in [4.78, 5) is 19.8. The molecule has 0 heterocycles. The van der Waals surface area contributed by atoms with Gasteiger partial charge in [0, 0.05) is 17.7 Å². The molecule has 1 aromatic carbocycles. The first-order chi connectivity index (χ1) is 8.73. The minimum Gasteiger partial charge on any atom is -0.479 e. The van der Waals surface area contributed by atoms with E-state index >= 15 is 0 Å². The third-order valence-electron chi connectivity index (χ3n) is 2.02. The zero-order chi connectivity index (χ0) is 14.7. The Morgan fingerprint density at radius 3 is 2.42 bits per heavy atom. The van der Waals surface area contributed by atoms with Gasteiger partial charge >= 0.3 is 18.3 Å². The summed E-state index contributed by atoms with van der Waals surface area (Å²) in [5.41, 5.74) is -2.02. The monoisotopic (exact) mass is 281 g/mol. The molecule has 2 N–H and O–H groups in total. The molecule has 0 aromatic heterocycles. The van der Waals surface area contributed by atoms with Gasteiger partial charge in [-0.2, -0.15) is 13.2 Å². The van der Waals surface area contributed by atoms with Gasteiger partial charge in [0.15, 0.2) is 6.10 Å². The minimum atomic E-state index is -3.42. The van der Waals surface area contributed by atoms with Gasteiger partial charge in [0.2, 0.25) is 5.82 Å². The number of carboxylic acid groups (broad SMARTS) is 1. The van der Waals surface area contributed by atoms with Gasteiger partial charge in [0.1, 0.15) is 5.75 Å². The van der Waals surface area contributed by atoms with Crippen LogP contribution < -0.4 is 4.74 Å². The normalized spacial score (nSPS) is 12.3. The maximum absolute atomic E-state index is 13.2. The number of rotatable bonds is 5. The number of aliphatic hydroxyl groups is 1. The van der Waals surface area contributed by atoms with Crippen LogP contribution in [0.3, 0.4) is 0 Å². The van der Waals surface area contributed by atoms with Crippen LogP contribution in [0.2, 0.25) is 0 Å². The molecule has 7 nitrogen and oxygen atoms in total. The van der Waals surface area contributed by atoms with Crippen molar-refractivity contribution in [1.29, 1.82) is 0 Å². The van der Waals surface area contributed by atoms with Crippen LogP contribution in [0.25, 0.3) is 0 Å². The molecule has 0 fully saturated rings. The number of nitro benzene ring substituents is 1. The maximum Gasteiger partial charge on any atom is 0.387 e. The molecule has 0 spiro atoms. The summed E-state index contributed by atoms with van der Waals surface area (Å²) in [6, 6.07) is 0.539. The predicted octanol–water partition coefficient (Wildman–Crippen LogP) is 1.45. The van der Waals surface area contributed by atoms with E-state index in [1.165, 1.54) is 0 Å². The van der Waals surface area contributed by atoms with Crippen molar-refractivity contribution >= 4 is 11.7 Å². The fourth-order valence-electron chi connectivity index (χ4n) is 1.24. The number of benzene rings is 1. The second-order valence-electron chi connectivity index (χ2n) is 3.22. The van der Waals surface area contributed by atoms with Crippen LogP contribution in [0.4, 0.5) is 18.9 Å². The third kappa shape index (κ3) is 3.31.